The van der Waals surface area contributed by atoms with Gasteiger partial charge >= 0.3 is 0 Å². The van der Waals surface area contributed by atoms with Crippen LogP contribution in [0.4, 0.5) is 4.79 Å². The average Bonchev–Trinajstić information content (AvgIpc) is 2.94. The number of carbonyl (C=O) groups is 3. The van der Waals surface area contributed by atoms with E-state index in [0.717, 1.165) is 46.1 Å². The predicted octanol–water partition coefficient (Wildman–Crippen LogP) is 2.42. The van der Waals surface area contributed by atoms with Crippen LogP contribution in [0.1, 0.15) is 30.9 Å². The van der Waals surface area contributed by atoms with Crippen molar-refractivity contribution >= 4 is 39.7 Å². The Morgan fingerprint density at radius 2 is 2.04 bits per heavy atom. The van der Waals surface area contributed by atoms with Gasteiger partial charge in [-0.05, 0) is 31.0 Å². The van der Waals surface area contributed by atoms with Gasteiger partial charge in [-0.2, -0.15) is 0 Å². The summed E-state index contributed by atoms with van der Waals surface area (Å²) in [5.74, 6) is -0.0349. The van der Waals surface area contributed by atoms with E-state index in [2.05, 4.69) is 9.97 Å². The summed E-state index contributed by atoms with van der Waals surface area (Å²) in [6, 6.07) is 5.92. The fourth-order valence-corrected chi connectivity index (χ4v) is 4.58. The first-order valence-electron chi connectivity index (χ1n) is 8.99. The Bertz CT molecular complexity index is 911. The van der Waals surface area contributed by atoms with Crippen LogP contribution in [0.15, 0.2) is 30.6 Å². The van der Waals surface area contributed by atoms with Gasteiger partial charge in [0.25, 0.3) is 5.24 Å². The molecular weight excluding hydrogens is 364 g/mol. The fraction of sp³-hybridized carbons (Fsp3) is 0.421. The summed E-state index contributed by atoms with van der Waals surface area (Å²) in [5, 5.41) is 0.153. The highest BCUT2D eigenvalue weighted by molar-refractivity contribution is 8.15. The number of imide groups is 1. The first-order chi connectivity index (χ1) is 13.0. The third kappa shape index (κ3) is 3.53. The highest BCUT2D eigenvalue weighted by Gasteiger charge is 2.39. The third-order valence-electron chi connectivity index (χ3n) is 5.26. The molecule has 0 aromatic carbocycles. The van der Waals surface area contributed by atoms with Crippen molar-refractivity contribution in [2.24, 2.45) is 0 Å². The molecule has 2 saturated heterocycles. The average molecular weight is 384 g/mol. The lowest BCUT2D eigenvalue weighted by Gasteiger charge is -2.32. The quantitative estimate of drug-likeness (QED) is 0.808. The van der Waals surface area contributed by atoms with E-state index in [4.69, 9.17) is 0 Å². The summed E-state index contributed by atoms with van der Waals surface area (Å²) >= 11 is 0.946. The zero-order valence-electron chi connectivity index (χ0n) is 15.0. The van der Waals surface area contributed by atoms with Crippen LogP contribution in [0.5, 0.6) is 0 Å². The van der Waals surface area contributed by atoms with Crippen molar-refractivity contribution in [3.63, 3.8) is 0 Å². The van der Waals surface area contributed by atoms with Gasteiger partial charge in [0.15, 0.2) is 0 Å². The van der Waals surface area contributed by atoms with Gasteiger partial charge in [-0.1, -0.05) is 11.8 Å². The molecule has 0 aliphatic carbocycles. The van der Waals surface area contributed by atoms with Gasteiger partial charge in [-0.25, -0.2) is 0 Å². The van der Waals surface area contributed by atoms with Gasteiger partial charge in [0.05, 0.1) is 5.52 Å². The van der Waals surface area contributed by atoms with Crippen molar-refractivity contribution in [3.8, 4) is 0 Å². The number of likely N-dealkylation sites (tertiary alicyclic amines) is 1. The van der Waals surface area contributed by atoms with Crippen LogP contribution in [-0.2, 0) is 9.59 Å². The molecule has 2 aliphatic rings. The maximum absolute atomic E-state index is 12.5. The number of piperidine rings is 1. The number of hydrogen-bond acceptors (Lipinski definition) is 6. The van der Waals surface area contributed by atoms with E-state index >= 15 is 0 Å². The summed E-state index contributed by atoms with van der Waals surface area (Å²) in [5.41, 5.74) is 1.95. The minimum atomic E-state index is -0.582. The largest absolute Gasteiger partial charge is 0.343 e. The van der Waals surface area contributed by atoms with Gasteiger partial charge in [0, 0.05) is 55.9 Å². The monoisotopic (exact) mass is 384 g/mol. The summed E-state index contributed by atoms with van der Waals surface area (Å²) in [6.45, 7) is 1.28. The topological polar surface area (TPSA) is 83.5 Å². The van der Waals surface area contributed by atoms with Crippen molar-refractivity contribution in [1.29, 1.82) is 0 Å². The summed E-state index contributed by atoms with van der Waals surface area (Å²) in [4.78, 5) is 47.9. The number of amides is 3. The van der Waals surface area contributed by atoms with Crippen molar-refractivity contribution < 1.29 is 14.4 Å². The molecule has 1 atom stereocenters. The maximum atomic E-state index is 12.5. The number of nitrogens with zero attached hydrogens (tertiary/aromatic N) is 4. The molecule has 7 nitrogen and oxygen atoms in total. The Morgan fingerprint density at radius 1 is 1.26 bits per heavy atom. The molecule has 27 heavy (non-hydrogen) atoms. The molecular formula is C19H20N4O3S. The van der Waals surface area contributed by atoms with Gasteiger partial charge in [-0.15, -0.1) is 0 Å². The number of aromatic nitrogens is 2. The van der Waals surface area contributed by atoms with Crippen LogP contribution in [0, 0.1) is 0 Å². The second-order valence-electron chi connectivity index (χ2n) is 6.93. The molecule has 0 saturated carbocycles. The van der Waals surface area contributed by atoms with Crippen molar-refractivity contribution in [1.82, 2.24) is 19.8 Å². The van der Waals surface area contributed by atoms with E-state index < -0.39 is 5.25 Å². The van der Waals surface area contributed by atoms with Crippen LogP contribution in [-0.4, -0.2) is 62.2 Å². The van der Waals surface area contributed by atoms with Crippen LogP contribution in [0.2, 0.25) is 0 Å². The number of pyridine rings is 2. The first kappa shape index (κ1) is 17.9. The van der Waals surface area contributed by atoms with Crippen LogP contribution in [0.25, 0.3) is 10.9 Å². The van der Waals surface area contributed by atoms with E-state index in [9.17, 15) is 14.4 Å². The van der Waals surface area contributed by atoms with E-state index in [1.807, 2.05) is 24.4 Å². The predicted molar refractivity (Wildman–Crippen MR) is 102 cm³/mol. The maximum Gasteiger partial charge on any atom is 0.288 e. The first-order valence-corrected chi connectivity index (χ1v) is 9.87. The number of hydrogen-bond donors (Lipinski definition) is 0. The highest BCUT2D eigenvalue weighted by atomic mass is 32.2. The standard InChI is InChI=1S/C19H20N4O3S/c1-22-18(25)16(27-19(22)26)10-17(24)23-7-4-12(5-8-23)14-9-15-13(11-21-14)3-2-6-20-15/h2-3,6,9,11-12,16H,4-5,7-8,10H2,1H3. The minimum absolute atomic E-state index is 0.0597. The van der Waals surface area contributed by atoms with Crippen LogP contribution in [0.3, 0.4) is 0 Å². The SMILES string of the molecule is CN1C(=O)SC(CC(=O)N2CCC(c3cc4ncccc4cn3)CC2)C1=O. The van der Waals surface area contributed by atoms with Crippen molar-refractivity contribution in [2.45, 2.75) is 30.4 Å². The molecule has 8 heteroatoms. The Labute approximate surface area is 161 Å². The molecule has 2 aliphatic heterocycles. The normalized spacial score (nSPS) is 21.3. The molecule has 2 aromatic rings. The fourth-order valence-electron chi connectivity index (χ4n) is 3.60. The third-order valence-corrected chi connectivity index (χ3v) is 6.39. The number of fused-ring (bicyclic) bond motifs is 1. The molecule has 0 N–H and O–H groups in total. The number of rotatable bonds is 3. The number of thioether (sulfide) groups is 1. The molecule has 2 aromatic heterocycles. The minimum Gasteiger partial charge on any atom is -0.343 e. The Morgan fingerprint density at radius 3 is 2.74 bits per heavy atom. The van der Waals surface area contributed by atoms with E-state index in [0.29, 0.717) is 19.0 Å². The smallest absolute Gasteiger partial charge is 0.288 e. The number of carbonyl (C=O) groups excluding carboxylic acids is 3. The van der Waals surface area contributed by atoms with E-state index in [1.54, 1.807) is 11.1 Å². The van der Waals surface area contributed by atoms with Crippen molar-refractivity contribution in [3.05, 3.63) is 36.3 Å². The van der Waals surface area contributed by atoms with Gasteiger partial charge < -0.3 is 4.90 Å². The summed E-state index contributed by atoms with van der Waals surface area (Å²) in [7, 11) is 1.46. The molecule has 4 rings (SSSR count). The van der Waals surface area contributed by atoms with Crippen LogP contribution < -0.4 is 0 Å². The lowest BCUT2D eigenvalue weighted by molar-refractivity contribution is -0.135. The van der Waals surface area contributed by atoms with Crippen LogP contribution >= 0.6 is 11.8 Å². The molecule has 3 amide bonds. The Balaban J connectivity index is 1.36. The molecule has 0 spiro atoms. The second kappa shape index (κ2) is 7.26. The molecule has 1 unspecified atom stereocenters. The molecule has 2 fully saturated rings. The lowest BCUT2D eigenvalue weighted by atomic mass is 9.92. The van der Waals surface area contributed by atoms with E-state index in [-0.39, 0.29) is 23.5 Å². The molecule has 140 valence electrons. The van der Waals surface area contributed by atoms with Crippen molar-refractivity contribution in [2.75, 3.05) is 20.1 Å². The van der Waals surface area contributed by atoms with Gasteiger partial charge in [-0.3, -0.25) is 29.3 Å². The Hall–Kier alpha value is -2.48. The second-order valence-corrected chi connectivity index (χ2v) is 8.09. The Kier molecular flexibility index (Phi) is 4.82. The zero-order valence-corrected chi connectivity index (χ0v) is 15.8. The summed E-state index contributed by atoms with van der Waals surface area (Å²) in [6.07, 6.45) is 5.38. The molecule has 4 heterocycles. The molecule has 0 radical (unpaired) electrons. The zero-order chi connectivity index (χ0) is 19.0. The van der Waals surface area contributed by atoms with Gasteiger partial charge in [0.2, 0.25) is 11.8 Å². The van der Waals surface area contributed by atoms with E-state index in [1.165, 1.54) is 7.05 Å². The summed E-state index contributed by atoms with van der Waals surface area (Å²) < 4.78 is 0. The lowest BCUT2D eigenvalue weighted by Crippen LogP contribution is -2.40. The highest BCUT2D eigenvalue weighted by Crippen LogP contribution is 2.31. The molecule has 0 bridgehead atoms. The van der Waals surface area contributed by atoms with Gasteiger partial charge in [0.1, 0.15) is 5.25 Å².